The van der Waals surface area contributed by atoms with E-state index in [1.807, 2.05) is 28.6 Å². The van der Waals surface area contributed by atoms with E-state index in [4.69, 9.17) is 4.74 Å². The van der Waals surface area contributed by atoms with Gasteiger partial charge in [0.1, 0.15) is 0 Å². The Labute approximate surface area is 169 Å². The molecular formula is C19H27N7O3. The third kappa shape index (κ3) is 3.77. The third-order valence-corrected chi connectivity index (χ3v) is 5.57. The van der Waals surface area contributed by atoms with E-state index in [1.165, 1.54) is 0 Å². The standard InChI is InChI=1S/C19H27N7O3/c1-22(2)19(28)25-7-6-23(3)15(13-25)17-21-20-16-5-4-14(12-26(16)17)18(27)24-8-10-29-11-9-24/h4-5,12,15H,6-11,13H2,1-3H3. The lowest BCUT2D eigenvalue weighted by atomic mass is 10.1. The molecule has 10 nitrogen and oxygen atoms in total. The van der Waals surface area contributed by atoms with E-state index in [-0.39, 0.29) is 18.0 Å². The van der Waals surface area contributed by atoms with Crippen LogP contribution in [-0.2, 0) is 4.74 Å². The van der Waals surface area contributed by atoms with E-state index >= 15 is 0 Å². The van der Waals surface area contributed by atoms with Crippen molar-refractivity contribution >= 4 is 17.6 Å². The minimum absolute atomic E-state index is 0.0138. The first kappa shape index (κ1) is 19.6. The summed E-state index contributed by atoms with van der Waals surface area (Å²) in [6.07, 6.45) is 1.81. The van der Waals surface area contributed by atoms with Gasteiger partial charge in [-0.1, -0.05) is 0 Å². The summed E-state index contributed by atoms with van der Waals surface area (Å²) in [5.41, 5.74) is 1.28. The molecule has 2 aliphatic heterocycles. The van der Waals surface area contributed by atoms with E-state index < -0.39 is 0 Å². The second-order valence-electron chi connectivity index (χ2n) is 7.73. The Bertz CT molecular complexity index is 906. The molecule has 1 unspecified atom stereocenters. The monoisotopic (exact) mass is 401 g/mol. The zero-order valence-electron chi connectivity index (χ0n) is 17.1. The summed E-state index contributed by atoms with van der Waals surface area (Å²) in [5.74, 6) is 0.714. The molecule has 0 N–H and O–H groups in total. The van der Waals surface area contributed by atoms with Crippen LogP contribution in [0.2, 0.25) is 0 Å². The summed E-state index contributed by atoms with van der Waals surface area (Å²) in [6, 6.07) is 3.49. The number of carbonyl (C=O) groups excluding carboxylic acids is 2. The van der Waals surface area contributed by atoms with Crippen molar-refractivity contribution in [2.75, 3.05) is 67.1 Å². The van der Waals surface area contributed by atoms with Crippen LogP contribution in [0, 0.1) is 0 Å². The number of nitrogens with zero attached hydrogens (tertiary/aromatic N) is 7. The number of ether oxygens (including phenoxy) is 1. The molecule has 0 saturated carbocycles. The average Bonchev–Trinajstić information content (AvgIpc) is 3.16. The summed E-state index contributed by atoms with van der Waals surface area (Å²) >= 11 is 0. The molecule has 0 aliphatic carbocycles. The Morgan fingerprint density at radius 2 is 1.83 bits per heavy atom. The first-order valence-corrected chi connectivity index (χ1v) is 9.84. The van der Waals surface area contributed by atoms with Gasteiger partial charge in [-0.15, -0.1) is 10.2 Å². The van der Waals surface area contributed by atoms with Crippen molar-refractivity contribution in [2.24, 2.45) is 0 Å². The normalized spacial score (nSPS) is 20.9. The van der Waals surface area contributed by atoms with Gasteiger partial charge in [0.05, 0.1) is 24.8 Å². The van der Waals surface area contributed by atoms with E-state index in [2.05, 4.69) is 15.1 Å². The zero-order chi connectivity index (χ0) is 20.5. The number of rotatable bonds is 2. The van der Waals surface area contributed by atoms with Crippen molar-refractivity contribution in [3.8, 4) is 0 Å². The van der Waals surface area contributed by atoms with Crippen molar-refractivity contribution in [2.45, 2.75) is 6.04 Å². The van der Waals surface area contributed by atoms with Crippen molar-refractivity contribution in [1.82, 2.24) is 34.2 Å². The number of morpholine rings is 1. The minimum atomic E-state index is -0.101. The van der Waals surface area contributed by atoms with Gasteiger partial charge in [-0.25, -0.2) is 4.79 Å². The van der Waals surface area contributed by atoms with Crippen LogP contribution in [0.15, 0.2) is 18.3 Å². The van der Waals surface area contributed by atoms with E-state index in [1.54, 1.807) is 30.0 Å². The van der Waals surface area contributed by atoms with Gasteiger partial charge in [-0.05, 0) is 19.2 Å². The van der Waals surface area contributed by atoms with Crippen molar-refractivity contribution in [1.29, 1.82) is 0 Å². The van der Waals surface area contributed by atoms with Crippen LogP contribution >= 0.6 is 0 Å². The van der Waals surface area contributed by atoms with Gasteiger partial charge in [0.25, 0.3) is 5.91 Å². The molecule has 2 aromatic rings. The van der Waals surface area contributed by atoms with Gasteiger partial charge in [-0.2, -0.15) is 0 Å². The maximum atomic E-state index is 12.9. The highest BCUT2D eigenvalue weighted by atomic mass is 16.5. The van der Waals surface area contributed by atoms with Crippen LogP contribution in [0.1, 0.15) is 22.2 Å². The van der Waals surface area contributed by atoms with Crippen LogP contribution < -0.4 is 0 Å². The smallest absolute Gasteiger partial charge is 0.319 e. The molecule has 2 aromatic heterocycles. The molecule has 1 atom stereocenters. The fourth-order valence-electron chi connectivity index (χ4n) is 3.82. The molecule has 3 amide bonds. The fraction of sp³-hybridized carbons (Fsp3) is 0.579. The number of urea groups is 1. The van der Waals surface area contributed by atoms with Gasteiger partial charge in [-0.3, -0.25) is 14.1 Å². The largest absolute Gasteiger partial charge is 0.378 e. The summed E-state index contributed by atoms with van der Waals surface area (Å²) in [7, 11) is 5.53. The number of aromatic nitrogens is 3. The van der Waals surface area contributed by atoms with E-state index in [0.717, 1.165) is 12.4 Å². The molecule has 4 rings (SSSR count). The number of likely N-dealkylation sites (N-methyl/N-ethyl adjacent to an activating group) is 1. The van der Waals surface area contributed by atoms with Gasteiger partial charge in [0.15, 0.2) is 11.5 Å². The summed E-state index contributed by atoms with van der Waals surface area (Å²) < 4.78 is 7.21. The van der Waals surface area contributed by atoms with Crippen molar-refractivity contribution in [3.05, 3.63) is 29.7 Å². The Morgan fingerprint density at radius 1 is 1.07 bits per heavy atom. The summed E-state index contributed by atoms with van der Waals surface area (Å²) in [6.45, 7) is 4.25. The lowest BCUT2D eigenvalue weighted by molar-refractivity contribution is 0.0302. The van der Waals surface area contributed by atoms with Gasteiger partial charge >= 0.3 is 6.03 Å². The van der Waals surface area contributed by atoms with Crippen LogP contribution in [-0.4, -0.2) is 113 Å². The highest BCUT2D eigenvalue weighted by Gasteiger charge is 2.32. The summed E-state index contributed by atoms with van der Waals surface area (Å²) in [5, 5.41) is 8.67. The molecule has 0 spiro atoms. The van der Waals surface area contributed by atoms with E-state index in [9.17, 15) is 9.59 Å². The highest BCUT2D eigenvalue weighted by molar-refractivity contribution is 5.94. The Balaban J connectivity index is 1.63. The highest BCUT2D eigenvalue weighted by Crippen LogP contribution is 2.24. The number of hydrogen-bond donors (Lipinski definition) is 0. The Hall–Kier alpha value is -2.72. The zero-order valence-corrected chi connectivity index (χ0v) is 17.1. The van der Waals surface area contributed by atoms with Gasteiger partial charge < -0.3 is 19.4 Å². The Kier molecular flexibility index (Phi) is 5.37. The second kappa shape index (κ2) is 7.96. The van der Waals surface area contributed by atoms with Crippen LogP contribution in [0.3, 0.4) is 0 Å². The molecule has 2 aliphatic rings. The van der Waals surface area contributed by atoms with Crippen LogP contribution in [0.4, 0.5) is 4.79 Å². The van der Waals surface area contributed by atoms with E-state index in [0.29, 0.717) is 50.6 Å². The Morgan fingerprint density at radius 3 is 2.55 bits per heavy atom. The molecule has 0 radical (unpaired) electrons. The molecule has 10 heteroatoms. The van der Waals surface area contributed by atoms with Crippen molar-refractivity contribution in [3.63, 3.8) is 0 Å². The molecular weight excluding hydrogens is 374 g/mol. The first-order valence-electron chi connectivity index (χ1n) is 9.84. The molecule has 4 heterocycles. The molecule has 156 valence electrons. The number of carbonyl (C=O) groups is 2. The quantitative estimate of drug-likeness (QED) is 0.713. The first-order chi connectivity index (χ1) is 14.0. The SMILES string of the molecule is CN(C)C(=O)N1CCN(C)C(c2nnc3ccc(C(=O)N4CCOCC4)cn23)C1. The maximum Gasteiger partial charge on any atom is 0.319 e. The van der Waals surface area contributed by atoms with Crippen LogP contribution in [0.5, 0.6) is 0 Å². The molecule has 29 heavy (non-hydrogen) atoms. The second-order valence-corrected chi connectivity index (χ2v) is 7.73. The van der Waals surface area contributed by atoms with Crippen molar-refractivity contribution < 1.29 is 14.3 Å². The van der Waals surface area contributed by atoms with Gasteiger partial charge in [0, 0.05) is 53.0 Å². The summed E-state index contributed by atoms with van der Waals surface area (Å²) in [4.78, 5) is 32.7. The number of pyridine rings is 1. The van der Waals surface area contributed by atoms with Crippen LogP contribution in [0.25, 0.3) is 5.65 Å². The molecule has 2 fully saturated rings. The number of fused-ring (bicyclic) bond motifs is 1. The lowest BCUT2D eigenvalue weighted by Gasteiger charge is -2.39. The molecule has 0 aromatic carbocycles. The number of amides is 3. The lowest BCUT2D eigenvalue weighted by Crippen LogP contribution is -2.52. The maximum absolute atomic E-state index is 12.9. The van der Waals surface area contributed by atoms with Gasteiger partial charge in [0.2, 0.25) is 0 Å². The number of piperazine rings is 1. The topological polar surface area (TPSA) is 86.5 Å². The predicted molar refractivity (Wildman–Crippen MR) is 106 cm³/mol. The molecule has 0 bridgehead atoms. The molecule has 2 saturated heterocycles. The third-order valence-electron chi connectivity index (χ3n) is 5.57. The average molecular weight is 401 g/mol. The number of hydrogen-bond acceptors (Lipinski definition) is 6. The predicted octanol–water partition coefficient (Wildman–Crippen LogP) is 0.172. The minimum Gasteiger partial charge on any atom is -0.378 e. The fourth-order valence-corrected chi connectivity index (χ4v) is 3.82.